The van der Waals surface area contributed by atoms with Gasteiger partial charge in [-0.1, -0.05) is 5.21 Å². The molecule has 1 atom stereocenters. The van der Waals surface area contributed by atoms with Crippen LogP contribution in [0.4, 0.5) is 0 Å². The molecule has 0 radical (unpaired) electrons. The molecule has 0 aromatic carbocycles. The molecule has 6 nitrogen and oxygen atoms in total. The van der Waals surface area contributed by atoms with Crippen LogP contribution in [0, 0.1) is 0 Å². The number of hydrogen-bond acceptors (Lipinski definition) is 5. The lowest BCUT2D eigenvalue weighted by Gasteiger charge is -2.13. The molecule has 1 fully saturated rings. The van der Waals surface area contributed by atoms with Crippen LogP contribution in [0.15, 0.2) is 12.3 Å². The molecule has 7 heteroatoms. The number of nitrogens with two attached hydrogens (primary N) is 1. The van der Waals surface area contributed by atoms with Crippen LogP contribution in [0.1, 0.15) is 18.2 Å². The zero-order valence-corrected chi connectivity index (χ0v) is 11.1. The second kappa shape index (κ2) is 4.74. The van der Waals surface area contributed by atoms with Gasteiger partial charge in [-0.15, -0.1) is 5.10 Å². The van der Waals surface area contributed by atoms with E-state index in [1.54, 1.807) is 6.20 Å². The number of hydrogen-bond donors (Lipinski definition) is 1. The average Bonchev–Trinajstić information content (AvgIpc) is 3.06. The van der Waals surface area contributed by atoms with Gasteiger partial charge in [0.2, 0.25) is 0 Å². The van der Waals surface area contributed by atoms with Crippen LogP contribution in [0.25, 0.3) is 11.4 Å². The van der Waals surface area contributed by atoms with Gasteiger partial charge in [-0.05, 0) is 18.2 Å². The number of nitrogens with zero attached hydrogens (tertiary/aromatic N) is 5. The van der Waals surface area contributed by atoms with Crippen LogP contribution in [-0.4, -0.2) is 36.3 Å². The fourth-order valence-electron chi connectivity index (χ4n) is 2.31. The Labute approximate surface area is 110 Å². The summed E-state index contributed by atoms with van der Waals surface area (Å²) in [5.41, 5.74) is 8.66. The van der Waals surface area contributed by atoms with Crippen molar-refractivity contribution in [2.75, 3.05) is 11.5 Å². The normalized spacial score (nSPS) is 19.6. The standard InChI is InChI=1S/C11H16N6S/c1-16-10(2-4-13-16)11-9(6-12)14-15-17(11)8-3-5-18-7-8/h2,4,8H,3,5-7,12H2,1H3. The van der Waals surface area contributed by atoms with Crippen molar-refractivity contribution in [1.82, 2.24) is 24.8 Å². The summed E-state index contributed by atoms with van der Waals surface area (Å²) in [4.78, 5) is 0. The summed E-state index contributed by atoms with van der Waals surface area (Å²) in [6.45, 7) is 0.403. The van der Waals surface area contributed by atoms with Crippen LogP contribution >= 0.6 is 11.8 Å². The molecule has 2 N–H and O–H groups in total. The fraction of sp³-hybridized carbons (Fsp3) is 0.545. The van der Waals surface area contributed by atoms with Gasteiger partial charge in [0.15, 0.2) is 0 Å². The average molecular weight is 264 g/mol. The molecule has 2 aromatic rings. The van der Waals surface area contributed by atoms with E-state index in [0.717, 1.165) is 29.3 Å². The predicted octanol–water partition coefficient (Wildman–Crippen LogP) is 0.815. The Morgan fingerprint density at radius 2 is 2.44 bits per heavy atom. The first kappa shape index (κ1) is 11.7. The Balaban J connectivity index is 2.10. The molecule has 1 aliphatic rings. The van der Waals surface area contributed by atoms with Gasteiger partial charge in [0, 0.05) is 25.5 Å². The maximum Gasteiger partial charge on any atom is 0.111 e. The van der Waals surface area contributed by atoms with E-state index >= 15 is 0 Å². The number of aromatic nitrogens is 5. The molecule has 2 aromatic heterocycles. The van der Waals surface area contributed by atoms with Crippen molar-refractivity contribution in [3.8, 4) is 11.4 Å². The van der Waals surface area contributed by atoms with E-state index in [-0.39, 0.29) is 0 Å². The molecule has 3 heterocycles. The summed E-state index contributed by atoms with van der Waals surface area (Å²) in [6.07, 6.45) is 2.93. The molecule has 0 saturated carbocycles. The molecular formula is C11H16N6S. The Bertz CT molecular complexity index is 539. The van der Waals surface area contributed by atoms with Gasteiger partial charge < -0.3 is 5.73 Å². The molecule has 0 amide bonds. The third kappa shape index (κ3) is 1.83. The first-order valence-corrected chi connectivity index (χ1v) is 7.17. The van der Waals surface area contributed by atoms with Gasteiger partial charge in [0.05, 0.1) is 11.7 Å². The second-order valence-corrected chi connectivity index (χ2v) is 5.54. The van der Waals surface area contributed by atoms with Crippen molar-refractivity contribution in [3.63, 3.8) is 0 Å². The number of aryl methyl sites for hydroxylation is 1. The van der Waals surface area contributed by atoms with Crippen LogP contribution in [0.2, 0.25) is 0 Å². The summed E-state index contributed by atoms with van der Waals surface area (Å²) < 4.78 is 3.87. The minimum Gasteiger partial charge on any atom is -0.325 e. The predicted molar refractivity (Wildman–Crippen MR) is 71.1 cm³/mol. The SMILES string of the molecule is Cn1nccc1-c1c(CN)nnn1C1CCSC1. The summed E-state index contributed by atoms with van der Waals surface area (Å²) >= 11 is 1.96. The van der Waals surface area contributed by atoms with E-state index in [1.165, 1.54) is 5.75 Å². The largest absolute Gasteiger partial charge is 0.325 e. The highest BCUT2D eigenvalue weighted by atomic mass is 32.2. The van der Waals surface area contributed by atoms with Gasteiger partial charge in [-0.3, -0.25) is 4.68 Å². The first-order valence-electron chi connectivity index (χ1n) is 6.01. The summed E-state index contributed by atoms with van der Waals surface area (Å²) in [7, 11) is 1.93. The minimum absolute atomic E-state index is 0.403. The van der Waals surface area contributed by atoms with Crippen molar-refractivity contribution in [2.24, 2.45) is 12.8 Å². The molecule has 1 aliphatic heterocycles. The Morgan fingerprint density at radius 1 is 1.56 bits per heavy atom. The molecule has 3 rings (SSSR count). The molecule has 0 bridgehead atoms. The molecule has 1 saturated heterocycles. The molecule has 1 unspecified atom stereocenters. The van der Waals surface area contributed by atoms with E-state index in [0.29, 0.717) is 12.6 Å². The minimum atomic E-state index is 0.403. The van der Waals surface area contributed by atoms with E-state index in [9.17, 15) is 0 Å². The zero-order valence-electron chi connectivity index (χ0n) is 10.3. The maximum absolute atomic E-state index is 5.77. The molecule has 96 valence electrons. The fourth-order valence-corrected chi connectivity index (χ4v) is 3.49. The molecule has 0 aliphatic carbocycles. The van der Waals surface area contributed by atoms with E-state index in [1.807, 2.05) is 34.2 Å². The van der Waals surface area contributed by atoms with Crippen molar-refractivity contribution < 1.29 is 0 Å². The first-order chi connectivity index (χ1) is 8.81. The van der Waals surface area contributed by atoms with Gasteiger partial charge in [-0.25, -0.2) is 4.68 Å². The van der Waals surface area contributed by atoms with E-state index in [2.05, 4.69) is 15.4 Å². The summed E-state index contributed by atoms with van der Waals surface area (Å²) in [5.74, 6) is 2.28. The lowest BCUT2D eigenvalue weighted by Crippen LogP contribution is -2.13. The van der Waals surface area contributed by atoms with Crippen molar-refractivity contribution >= 4 is 11.8 Å². The smallest absolute Gasteiger partial charge is 0.111 e. The van der Waals surface area contributed by atoms with Crippen LogP contribution in [0.3, 0.4) is 0 Å². The maximum atomic E-state index is 5.77. The monoisotopic (exact) mass is 264 g/mol. The van der Waals surface area contributed by atoms with Crippen molar-refractivity contribution in [3.05, 3.63) is 18.0 Å². The molecule has 18 heavy (non-hydrogen) atoms. The summed E-state index contributed by atoms with van der Waals surface area (Å²) in [5, 5.41) is 12.7. The topological polar surface area (TPSA) is 74.6 Å². The van der Waals surface area contributed by atoms with Crippen LogP contribution < -0.4 is 5.73 Å². The highest BCUT2D eigenvalue weighted by molar-refractivity contribution is 7.99. The lowest BCUT2D eigenvalue weighted by molar-refractivity contribution is 0.489. The lowest BCUT2D eigenvalue weighted by atomic mass is 10.2. The van der Waals surface area contributed by atoms with Gasteiger partial charge in [0.1, 0.15) is 11.4 Å². The molecule has 0 spiro atoms. The highest BCUT2D eigenvalue weighted by Crippen LogP contribution is 2.32. The van der Waals surface area contributed by atoms with Crippen LogP contribution in [-0.2, 0) is 13.6 Å². The highest BCUT2D eigenvalue weighted by Gasteiger charge is 2.25. The van der Waals surface area contributed by atoms with E-state index < -0.39 is 0 Å². The van der Waals surface area contributed by atoms with Gasteiger partial charge in [-0.2, -0.15) is 16.9 Å². The van der Waals surface area contributed by atoms with E-state index in [4.69, 9.17) is 5.73 Å². The second-order valence-electron chi connectivity index (χ2n) is 4.39. The zero-order chi connectivity index (χ0) is 12.5. The van der Waals surface area contributed by atoms with Crippen molar-refractivity contribution in [1.29, 1.82) is 0 Å². The number of thioether (sulfide) groups is 1. The van der Waals surface area contributed by atoms with Gasteiger partial charge in [0.25, 0.3) is 0 Å². The van der Waals surface area contributed by atoms with Crippen LogP contribution in [0.5, 0.6) is 0 Å². The quantitative estimate of drug-likeness (QED) is 0.888. The third-order valence-electron chi connectivity index (χ3n) is 3.27. The van der Waals surface area contributed by atoms with Crippen molar-refractivity contribution in [2.45, 2.75) is 19.0 Å². The molecular weight excluding hydrogens is 248 g/mol. The third-order valence-corrected chi connectivity index (χ3v) is 4.42. The Hall–Kier alpha value is -1.34. The number of rotatable bonds is 3. The Kier molecular flexibility index (Phi) is 3.09. The summed E-state index contributed by atoms with van der Waals surface area (Å²) in [6, 6.07) is 2.41. The van der Waals surface area contributed by atoms with Gasteiger partial charge >= 0.3 is 0 Å². The Morgan fingerprint density at radius 3 is 3.06 bits per heavy atom.